The summed E-state index contributed by atoms with van der Waals surface area (Å²) >= 11 is 0. The number of halogens is 3. The molecule has 3 aromatic rings. The van der Waals surface area contributed by atoms with Crippen molar-refractivity contribution in [2.24, 2.45) is 5.92 Å². The topological polar surface area (TPSA) is 56.4 Å². The molecule has 0 spiro atoms. The number of benzene rings is 2. The summed E-state index contributed by atoms with van der Waals surface area (Å²) in [6.45, 7) is 1.11. The quantitative estimate of drug-likeness (QED) is 0.669. The molecule has 160 valence electrons. The summed E-state index contributed by atoms with van der Waals surface area (Å²) < 4.78 is 39.1. The molecule has 2 aromatic carbocycles. The summed E-state index contributed by atoms with van der Waals surface area (Å²) in [4.78, 5) is 32.2. The maximum atomic E-state index is 13.2. The van der Waals surface area contributed by atoms with Crippen molar-refractivity contribution in [2.45, 2.75) is 25.6 Å². The molecular formula is C23H20F3N3O2. The van der Waals surface area contributed by atoms with Crippen LogP contribution in [-0.2, 0) is 28.7 Å². The molecule has 0 aliphatic carbocycles. The fraction of sp³-hybridized carbons (Fsp3) is 0.304. The van der Waals surface area contributed by atoms with E-state index >= 15 is 0 Å². The highest BCUT2D eigenvalue weighted by Gasteiger charge is 2.39. The standard InChI is InChI=1S/C23H20F3N3O2/c24-23(25,26)15-4-3-5-16(11-15)29-12-14(10-21(29)30)22(31)28-9-8-20-18(13-28)17-6-1-2-7-19(17)27-20/h1-7,11,14,27H,8-10,12-13H2/t14-/m1/s1. The number of alkyl halides is 3. The van der Waals surface area contributed by atoms with Gasteiger partial charge in [0, 0.05) is 60.3 Å². The second kappa shape index (κ2) is 7.14. The first-order chi connectivity index (χ1) is 14.8. The first-order valence-corrected chi connectivity index (χ1v) is 10.2. The van der Waals surface area contributed by atoms with Crippen LogP contribution in [0.15, 0.2) is 48.5 Å². The number of nitrogens with zero attached hydrogens (tertiary/aromatic N) is 2. The molecule has 1 aromatic heterocycles. The number of aromatic nitrogens is 1. The molecule has 0 saturated carbocycles. The van der Waals surface area contributed by atoms with E-state index in [1.807, 2.05) is 24.3 Å². The maximum Gasteiger partial charge on any atom is 0.416 e. The van der Waals surface area contributed by atoms with Gasteiger partial charge in [0.2, 0.25) is 11.8 Å². The van der Waals surface area contributed by atoms with Crippen molar-refractivity contribution in [2.75, 3.05) is 18.0 Å². The van der Waals surface area contributed by atoms with Crippen molar-refractivity contribution in [3.63, 3.8) is 0 Å². The van der Waals surface area contributed by atoms with Crippen LogP contribution in [0.3, 0.4) is 0 Å². The summed E-state index contributed by atoms with van der Waals surface area (Å²) in [5.74, 6) is -1.02. The summed E-state index contributed by atoms with van der Waals surface area (Å²) in [7, 11) is 0. The van der Waals surface area contributed by atoms with Crippen LogP contribution in [0.25, 0.3) is 10.9 Å². The van der Waals surface area contributed by atoms with Crippen LogP contribution in [0.5, 0.6) is 0 Å². The Morgan fingerprint density at radius 3 is 2.71 bits per heavy atom. The Bertz CT molecular complexity index is 1180. The maximum absolute atomic E-state index is 13.2. The van der Waals surface area contributed by atoms with E-state index in [4.69, 9.17) is 0 Å². The zero-order valence-electron chi connectivity index (χ0n) is 16.6. The third-order valence-electron chi connectivity index (χ3n) is 6.15. The molecule has 1 saturated heterocycles. The smallest absolute Gasteiger partial charge is 0.358 e. The number of nitrogens with one attached hydrogen (secondary N) is 1. The number of hydrogen-bond donors (Lipinski definition) is 1. The summed E-state index contributed by atoms with van der Waals surface area (Å²) in [6.07, 6.45) is -3.78. The summed E-state index contributed by atoms with van der Waals surface area (Å²) in [5.41, 5.74) is 2.62. The number of hydrogen-bond acceptors (Lipinski definition) is 2. The third-order valence-corrected chi connectivity index (χ3v) is 6.15. The number of para-hydroxylation sites is 1. The van der Waals surface area contributed by atoms with Gasteiger partial charge in [-0.2, -0.15) is 13.2 Å². The summed E-state index contributed by atoms with van der Waals surface area (Å²) in [5, 5.41) is 1.09. The average molecular weight is 427 g/mol. The molecule has 1 N–H and O–H groups in total. The molecule has 2 amide bonds. The van der Waals surface area contributed by atoms with Gasteiger partial charge >= 0.3 is 6.18 Å². The highest BCUT2D eigenvalue weighted by Crippen LogP contribution is 2.34. The van der Waals surface area contributed by atoms with Crippen LogP contribution in [-0.4, -0.2) is 34.8 Å². The Morgan fingerprint density at radius 1 is 1.10 bits per heavy atom. The van der Waals surface area contributed by atoms with Crippen LogP contribution < -0.4 is 4.90 Å². The van der Waals surface area contributed by atoms with Crippen molar-refractivity contribution < 1.29 is 22.8 Å². The highest BCUT2D eigenvalue weighted by atomic mass is 19.4. The van der Waals surface area contributed by atoms with Crippen LogP contribution >= 0.6 is 0 Å². The number of amides is 2. The minimum atomic E-state index is -4.49. The van der Waals surface area contributed by atoms with Crippen molar-refractivity contribution in [3.8, 4) is 0 Å². The largest absolute Gasteiger partial charge is 0.416 e. The van der Waals surface area contributed by atoms with E-state index in [1.165, 1.54) is 17.0 Å². The van der Waals surface area contributed by atoms with Gasteiger partial charge in [-0.05, 0) is 24.3 Å². The zero-order chi connectivity index (χ0) is 21.8. The molecule has 0 radical (unpaired) electrons. The highest BCUT2D eigenvalue weighted by molar-refractivity contribution is 6.00. The second-order valence-electron chi connectivity index (χ2n) is 8.09. The molecule has 5 nitrogen and oxygen atoms in total. The third kappa shape index (κ3) is 3.45. The molecule has 3 heterocycles. The van der Waals surface area contributed by atoms with Crippen molar-refractivity contribution in [1.82, 2.24) is 9.88 Å². The van der Waals surface area contributed by atoms with E-state index in [0.29, 0.717) is 19.5 Å². The van der Waals surface area contributed by atoms with Crippen molar-refractivity contribution >= 4 is 28.4 Å². The predicted octanol–water partition coefficient (Wildman–Crippen LogP) is 4.12. The van der Waals surface area contributed by atoms with Crippen LogP contribution in [0.1, 0.15) is 23.2 Å². The van der Waals surface area contributed by atoms with Gasteiger partial charge in [0.25, 0.3) is 0 Å². The molecule has 2 aliphatic heterocycles. The van der Waals surface area contributed by atoms with Crippen LogP contribution in [0.2, 0.25) is 0 Å². The van der Waals surface area contributed by atoms with Gasteiger partial charge in [-0.1, -0.05) is 24.3 Å². The lowest BCUT2D eigenvalue weighted by molar-refractivity contribution is -0.137. The van der Waals surface area contributed by atoms with Gasteiger partial charge in [0.15, 0.2) is 0 Å². The Hall–Kier alpha value is -3.29. The van der Waals surface area contributed by atoms with E-state index in [1.54, 1.807) is 4.90 Å². The van der Waals surface area contributed by atoms with Crippen LogP contribution in [0.4, 0.5) is 18.9 Å². The van der Waals surface area contributed by atoms with Gasteiger partial charge in [-0.3, -0.25) is 9.59 Å². The van der Waals surface area contributed by atoms with E-state index in [-0.39, 0.29) is 30.5 Å². The normalized spacial score (nSPS) is 19.2. The van der Waals surface area contributed by atoms with Gasteiger partial charge in [0.1, 0.15) is 0 Å². The zero-order valence-corrected chi connectivity index (χ0v) is 16.6. The first kappa shape index (κ1) is 19.7. The van der Waals surface area contributed by atoms with Crippen LogP contribution in [0, 0.1) is 5.92 Å². The van der Waals surface area contributed by atoms with Gasteiger partial charge < -0.3 is 14.8 Å². The number of aromatic amines is 1. The number of H-pyrrole nitrogens is 1. The molecule has 0 bridgehead atoms. The minimum absolute atomic E-state index is 0.00627. The fourth-order valence-electron chi connectivity index (χ4n) is 4.59. The second-order valence-corrected chi connectivity index (χ2v) is 8.09. The van der Waals surface area contributed by atoms with Gasteiger partial charge in [-0.15, -0.1) is 0 Å². The van der Waals surface area contributed by atoms with E-state index in [2.05, 4.69) is 4.98 Å². The molecule has 31 heavy (non-hydrogen) atoms. The molecule has 5 rings (SSSR count). The van der Waals surface area contributed by atoms with Gasteiger partial charge in [0.05, 0.1) is 11.5 Å². The lowest BCUT2D eigenvalue weighted by Gasteiger charge is -2.29. The molecule has 8 heteroatoms. The SMILES string of the molecule is O=C([C@@H]1CC(=O)N(c2cccc(C(F)(F)F)c2)C1)N1CCc2[nH]c3ccccc3c2C1. The lowest BCUT2D eigenvalue weighted by atomic mass is 10.0. The Labute approximate surface area is 176 Å². The number of fused-ring (bicyclic) bond motifs is 3. The number of carbonyl (C=O) groups is 2. The molecule has 2 aliphatic rings. The van der Waals surface area contributed by atoms with Crippen molar-refractivity contribution in [3.05, 3.63) is 65.4 Å². The molecule has 1 fully saturated rings. The molecule has 1 atom stereocenters. The monoisotopic (exact) mass is 427 g/mol. The average Bonchev–Trinajstić information content (AvgIpc) is 3.33. The first-order valence-electron chi connectivity index (χ1n) is 10.2. The van der Waals surface area contributed by atoms with E-state index < -0.39 is 17.7 Å². The molecular weight excluding hydrogens is 407 g/mol. The number of rotatable bonds is 2. The van der Waals surface area contributed by atoms with E-state index in [9.17, 15) is 22.8 Å². The predicted molar refractivity (Wildman–Crippen MR) is 109 cm³/mol. The Balaban J connectivity index is 1.34. The van der Waals surface area contributed by atoms with Gasteiger partial charge in [-0.25, -0.2) is 0 Å². The number of carbonyl (C=O) groups excluding carboxylic acids is 2. The Morgan fingerprint density at radius 2 is 1.90 bits per heavy atom. The lowest BCUT2D eigenvalue weighted by Crippen LogP contribution is -2.40. The summed E-state index contributed by atoms with van der Waals surface area (Å²) in [6, 6.07) is 12.6. The van der Waals surface area contributed by atoms with E-state index in [0.717, 1.165) is 34.3 Å². The Kier molecular flexibility index (Phi) is 4.53. The minimum Gasteiger partial charge on any atom is -0.358 e. The van der Waals surface area contributed by atoms with Crippen molar-refractivity contribution in [1.29, 1.82) is 0 Å². The number of anilines is 1. The fourth-order valence-corrected chi connectivity index (χ4v) is 4.59. The molecule has 0 unspecified atom stereocenters.